The molecular formula is C12H24N4O3. The minimum atomic E-state index is -1.04. The molecule has 0 fully saturated rings. The SMILES string of the molecule is CNC(=O)C(C)(C)NC(=O)C(CCCN)NC(C)=O. The van der Waals surface area contributed by atoms with E-state index in [2.05, 4.69) is 16.0 Å². The number of hydrogen-bond acceptors (Lipinski definition) is 4. The third-order valence-corrected chi connectivity index (χ3v) is 2.62. The van der Waals surface area contributed by atoms with Gasteiger partial charge in [0.1, 0.15) is 11.6 Å². The van der Waals surface area contributed by atoms with Gasteiger partial charge in [0.2, 0.25) is 17.7 Å². The number of hydrogen-bond donors (Lipinski definition) is 4. The van der Waals surface area contributed by atoms with Gasteiger partial charge < -0.3 is 21.7 Å². The van der Waals surface area contributed by atoms with E-state index in [1.807, 2.05) is 0 Å². The quantitative estimate of drug-likeness (QED) is 0.469. The topological polar surface area (TPSA) is 113 Å². The van der Waals surface area contributed by atoms with E-state index >= 15 is 0 Å². The Balaban J connectivity index is 4.70. The van der Waals surface area contributed by atoms with Crippen LogP contribution in [0.25, 0.3) is 0 Å². The van der Waals surface area contributed by atoms with Crippen molar-refractivity contribution in [3.05, 3.63) is 0 Å². The molecule has 0 saturated heterocycles. The lowest BCUT2D eigenvalue weighted by Gasteiger charge is -2.27. The highest BCUT2D eigenvalue weighted by molar-refractivity contribution is 5.93. The zero-order valence-corrected chi connectivity index (χ0v) is 12.0. The highest BCUT2D eigenvalue weighted by Crippen LogP contribution is 2.05. The van der Waals surface area contributed by atoms with Gasteiger partial charge in [-0.3, -0.25) is 14.4 Å². The second kappa shape index (κ2) is 7.73. The lowest BCUT2D eigenvalue weighted by Crippen LogP contribution is -2.58. The summed E-state index contributed by atoms with van der Waals surface area (Å²) >= 11 is 0. The van der Waals surface area contributed by atoms with Gasteiger partial charge >= 0.3 is 0 Å². The largest absolute Gasteiger partial charge is 0.357 e. The van der Waals surface area contributed by atoms with Crippen LogP contribution >= 0.6 is 0 Å². The standard InChI is InChI=1S/C12H24N4O3/c1-8(17)15-9(6-5-7-13)10(18)16-12(2,3)11(19)14-4/h9H,5-7,13H2,1-4H3,(H,14,19)(H,15,17)(H,16,18). The second-order valence-corrected chi connectivity index (χ2v) is 4.88. The molecule has 0 rings (SSSR count). The Labute approximate surface area is 113 Å². The van der Waals surface area contributed by atoms with Gasteiger partial charge in [-0.25, -0.2) is 0 Å². The summed E-state index contributed by atoms with van der Waals surface area (Å²) in [6, 6.07) is -0.676. The van der Waals surface area contributed by atoms with Crippen LogP contribution < -0.4 is 21.7 Å². The fraction of sp³-hybridized carbons (Fsp3) is 0.750. The van der Waals surface area contributed by atoms with Gasteiger partial charge in [0.25, 0.3) is 0 Å². The smallest absolute Gasteiger partial charge is 0.244 e. The summed E-state index contributed by atoms with van der Waals surface area (Å²) in [6.45, 7) is 4.96. The number of rotatable bonds is 7. The molecule has 19 heavy (non-hydrogen) atoms. The molecule has 110 valence electrons. The second-order valence-electron chi connectivity index (χ2n) is 4.88. The van der Waals surface area contributed by atoms with Crippen molar-refractivity contribution in [2.75, 3.05) is 13.6 Å². The number of carbonyl (C=O) groups is 3. The molecule has 7 nitrogen and oxygen atoms in total. The van der Waals surface area contributed by atoms with Crippen molar-refractivity contribution in [3.63, 3.8) is 0 Å². The van der Waals surface area contributed by atoms with Crippen LogP contribution in [0.2, 0.25) is 0 Å². The first-order valence-electron chi connectivity index (χ1n) is 6.26. The molecule has 5 N–H and O–H groups in total. The monoisotopic (exact) mass is 272 g/mol. The van der Waals surface area contributed by atoms with E-state index in [9.17, 15) is 14.4 Å². The number of nitrogens with two attached hydrogens (primary N) is 1. The van der Waals surface area contributed by atoms with Gasteiger partial charge in [-0.05, 0) is 33.2 Å². The van der Waals surface area contributed by atoms with E-state index < -0.39 is 17.5 Å². The lowest BCUT2D eigenvalue weighted by atomic mass is 10.0. The van der Waals surface area contributed by atoms with Crippen molar-refractivity contribution < 1.29 is 14.4 Å². The van der Waals surface area contributed by atoms with Crippen LogP contribution in [0.4, 0.5) is 0 Å². The van der Waals surface area contributed by atoms with Crippen LogP contribution in [0, 0.1) is 0 Å². The van der Waals surface area contributed by atoms with Crippen LogP contribution in [0.5, 0.6) is 0 Å². The number of nitrogens with one attached hydrogen (secondary N) is 3. The summed E-state index contributed by atoms with van der Waals surface area (Å²) in [4.78, 5) is 34.7. The maximum absolute atomic E-state index is 12.1. The number of likely N-dealkylation sites (N-methyl/N-ethyl adjacent to an activating group) is 1. The molecule has 0 heterocycles. The summed E-state index contributed by atoms with van der Waals surface area (Å²) in [6.07, 6.45) is 1.05. The van der Waals surface area contributed by atoms with Crippen molar-refractivity contribution in [1.82, 2.24) is 16.0 Å². The Bertz CT molecular complexity index is 342. The highest BCUT2D eigenvalue weighted by atomic mass is 16.2. The summed E-state index contributed by atoms with van der Waals surface area (Å²) in [7, 11) is 1.50. The molecule has 0 saturated carbocycles. The van der Waals surface area contributed by atoms with Gasteiger partial charge in [0, 0.05) is 14.0 Å². The average Bonchev–Trinajstić information content (AvgIpc) is 2.32. The number of amides is 3. The average molecular weight is 272 g/mol. The fourth-order valence-corrected chi connectivity index (χ4v) is 1.60. The summed E-state index contributed by atoms with van der Waals surface area (Å²) in [5.41, 5.74) is 4.36. The van der Waals surface area contributed by atoms with E-state index in [0.29, 0.717) is 19.4 Å². The van der Waals surface area contributed by atoms with Crippen LogP contribution in [0.1, 0.15) is 33.6 Å². The molecule has 3 amide bonds. The fourth-order valence-electron chi connectivity index (χ4n) is 1.60. The van der Waals surface area contributed by atoms with Crippen LogP contribution in [0.15, 0.2) is 0 Å². The number of carbonyl (C=O) groups excluding carboxylic acids is 3. The molecule has 0 bridgehead atoms. The lowest BCUT2D eigenvalue weighted by molar-refractivity contribution is -0.134. The zero-order chi connectivity index (χ0) is 15.1. The van der Waals surface area contributed by atoms with Crippen molar-refractivity contribution in [2.24, 2.45) is 5.73 Å². The minimum absolute atomic E-state index is 0.296. The Kier molecular flexibility index (Phi) is 7.06. The first-order valence-corrected chi connectivity index (χ1v) is 6.26. The predicted octanol–water partition coefficient (Wildman–Crippen LogP) is -1.13. The first kappa shape index (κ1) is 17.4. The molecule has 0 aromatic carbocycles. The van der Waals surface area contributed by atoms with E-state index in [4.69, 9.17) is 5.73 Å². The van der Waals surface area contributed by atoms with Crippen LogP contribution in [-0.4, -0.2) is 42.9 Å². The summed E-state index contributed by atoms with van der Waals surface area (Å²) in [5.74, 6) is -0.992. The van der Waals surface area contributed by atoms with Crippen LogP contribution in [0.3, 0.4) is 0 Å². The van der Waals surface area contributed by atoms with E-state index in [1.165, 1.54) is 14.0 Å². The Morgan fingerprint density at radius 2 is 1.84 bits per heavy atom. The zero-order valence-electron chi connectivity index (χ0n) is 12.0. The maximum atomic E-state index is 12.1. The third-order valence-electron chi connectivity index (χ3n) is 2.62. The third kappa shape index (κ3) is 6.19. The maximum Gasteiger partial charge on any atom is 0.244 e. The van der Waals surface area contributed by atoms with Crippen molar-refractivity contribution in [3.8, 4) is 0 Å². The van der Waals surface area contributed by atoms with Gasteiger partial charge in [-0.2, -0.15) is 0 Å². The minimum Gasteiger partial charge on any atom is -0.357 e. The normalized spacial score (nSPS) is 12.5. The first-order chi connectivity index (χ1) is 8.74. The molecule has 1 atom stereocenters. The van der Waals surface area contributed by atoms with Gasteiger partial charge in [0.15, 0.2) is 0 Å². The molecule has 0 spiro atoms. The van der Waals surface area contributed by atoms with E-state index in [1.54, 1.807) is 13.8 Å². The molecule has 0 aliphatic carbocycles. The Morgan fingerprint density at radius 3 is 2.26 bits per heavy atom. The Hall–Kier alpha value is -1.63. The van der Waals surface area contributed by atoms with Gasteiger partial charge in [0.05, 0.1) is 0 Å². The van der Waals surface area contributed by atoms with Gasteiger partial charge in [-0.1, -0.05) is 0 Å². The Morgan fingerprint density at radius 1 is 1.26 bits per heavy atom. The molecule has 0 aliphatic rings. The highest BCUT2D eigenvalue weighted by Gasteiger charge is 2.31. The van der Waals surface area contributed by atoms with Crippen molar-refractivity contribution in [2.45, 2.75) is 45.2 Å². The van der Waals surface area contributed by atoms with Crippen LogP contribution in [-0.2, 0) is 14.4 Å². The van der Waals surface area contributed by atoms with Crippen molar-refractivity contribution >= 4 is 17.7 Å². The molecular weight excluding hydrogens is 248 g/mol. The van der Waals surface area contributed by atoms with E-state index in [-0.39, 0.29) is 11.8 Å². The molecule has 0 radical (unpaired) electrons. The van der Waals surface area contributed by atoms with Gasteiger partial charge in [-0.15, -0.1) is 0 Å². The summed E-state index contributed by atoms with van der Waals surface area (Å²) < 4.78 is 0. The molecule has 0 aliphatic heterocycles. The molecule has 0 aromatic heterocycles. The molecule has 1 unspecified atom stereocenters. The molecule has 0 aromatic rings. The van der Waals surface area contributed by atoms with E-state index in [0.717, 1.165) is 0 Å². The summed E-state index contributed by atoms with van der Waals surface area (Å²) in [5, 5.41) is 7.64. The molecule has 7 heteroatoms. The predicted molar refractivity (Wildman–Crippen MR) is 72.2 cm³/mol. The van der Waals surface area contributed by atoms with Crippen molar-refractivity contribution in [1.29, 1.82) is 0 Å².